The molecule has 0 bridgehead atoms. The van der Waals surface area contributed by atoms with E-state index >= 15 is 0 Å². The van der Waals surface area contributed by atoms with Gasteiger partial charge in [0.15, 0.2) is 35.4 Å². The van der Waals surface area contributed by atoms with Crippen LogP contribution in [-0.2, 0) is 6.42 Å². The molecule has 3 aliphatic rings. The summed E-state index contributed by atoms with van der Waals surface area (Å²) in [6.45, 7) is 1.32. The minimum Gasteiger partial charge on any atom is -1.00 e. The minimum atomic E-state index is -0.258. The summed E-state index contributed by atoms with van der Waals surface area (Å²) in [7, 11) is 0. The number of para-hydroxylation sites is 1. The van der Waals surface area contributed by atoms with Gasteiger partial charge in [-0.3, -0.25) is 4.79 Å². The molecule has 1 atom stereocenters. The van der Waals surface area contributed by atoms with Crippen LogP contribution in [0, 0.1) is 0 Å². The van der Waals surface area contributed by atoms with Crippen molar-refractivity contribution in [3.05, 3.63) is 66.0 Å². The number of benzene rings is 2. The van der Waals surface area contributed by atoms with Gasteiger partial charge in [0.25, 0.3) is 0 Å². The van der Waals surface area contributed by atoms with Gasteiger partial charge in [0.05, 0.1) is 0 Å². The van der Waals surface area contributed by atoms with E-state index in [2.05, 4.69) is 0 Å². The molecule has 0 spiro atoms. The fourth-order valence-corrected chi connectivity index (χ4v) is 4.23. The van der Waals surface area contributed by atoms with Gasteiger partial charge in [0.1, 0.15) is 13.2 Å². The quantitative estimate of drug-likeness (QED) is 0.501. The van der Waals surface area contributed by atoms with Crippen molar-refractivity contribution in [3.8, 4) is 34.1 Å². The Bertz CT molecular complexity index is 1150. The predicted molar refractivity (Wildman–Crippen MR) is 103 cm³/mol. The van der Waals surface area contributed by atoms with Crippen molar-refractivity contribution in [2.24, 2.45) is 0 Å². The van der Waals surface area contributed by atoms with Crippen molar-refractivity contribution in [1.29, 1.82) is 0 Å². The van der Waals surface area contributed by atoms with Gasteiger partial charge < -0.3 is 35.9 Å². The van der Waals surface area contributed by atoms with Crippen molar-refractivity contribution < 1.29 is 45.3 Å². The maximum absolute atomic E-state index is 13.0. The Labute approximate surface area is 183 Å². The van der Waals surface area contributed by atoms with Gasteiger partial charge in [-0.2, -0.15) is 4.57 Å². The smallest absolute Gasteiger partial charge is 0.231 e. The van der Waals surface area contributed by atoms with Gasteiger partial charge in [-0.1, -0.05) is 12.1 Å². The molecule has 0 radical (unpaired) electrons. The van der Waals surface area contributed by atoms with Crippen molar-refractivity contribution >= 4 is 5.78 Å². The lowest BCUT2D eigenvalue weighted by atomic mass is 10.0. The Balaban J connectivity index is 0.00000193. The summed E-state index contributed by atoms with van der Waals surface area (Å²) < 4.78 is 24.3. The summed E-state index contributed by atoms with van der Waals surface area (Å²) in [5.41, 5.74) is 3.73. The van der Waals surface area contributed by atoms with Crippen LogP contribution in [0.15, 0.2) is 54.9 Å². The van der Waals surface area contributed by atoms with Crippen LogP contribution in [0.4, 0.5) is 0 Å². The standard InChI is InChI=1S/C23H18NO5.BrH/c25-22-17-12-21-20(28-13-29-21)11-15(17)10-18(22)24-6-4-14(5-7-24)16-2-1-3-19-23(16)27-9-8-26-19;/h1-7,11-12,18H,8-10,13H2;1H/q+1;/p-1. The van der Waals surface area contributed by atoms with E-state index in [0.29, 0.717) is 31.1 Å². The highest BCUT2D eigenvalue weighted by Crippen LogP contribution is 2.41. The molecule has 3 aromatic rings. The van der Waals surface area contributed by atoms with Crippen LogP contribution in [0.2, 0.25) is 0 Å². The highest BCUT2D eigenvalue weighted by Gasteiger charge is 2.39. The lowest BCUT2D eigenvalue weighted by Gasteiger charge is -2.20. The molecule has 6 rings (SSSR count). The van der Waals surface area contributed by atoms with Crippen LogP contribution in [0.1, 0.15) is 22.0 Å². The molecule has 1 aromatic heterocycles. The highest BCUT2D eigenvalue weighted by atomic mass is 79.9. The molecule has 152 valence electrons. The van der Waals surface area contributed by atoms with Crippen LogP contribution in [0.3, 0.4) is 0 Å². The van der Waals surface area contributed by atoms with E-state index in [0.717, 1.165) is 33.8 Å². The Hall–Kier alpha value is -3.06. The average Bonchev–Trinajstić information content (AvgIpc) is 3.36. The van der Waals surface area contributed by atoms with Crippen molar-refractivity contribution in [2.45, 2.75) is 12.5 Å². The number of ketones is 1. The summed E-state index contributed by atoms with van der Waals surface area (Å²) in [6, 6.07) is 13.4. The predicted octanol–water partition coefficient (Wildman–Crippen LogP) is 0.125. The van der Waals surface area contributed by atoms with E-state index in [1.54, 1.807) is 0 Å². The molecule has 0 amide bonds. The first-order valence-corrected chi connectivity index (χ1v) is 9.64. The SMILES string of the molecule is O=C1c2cc3c(cc2CC1[n+]1ccc(-c2cccc4c2OCCO4)cc1)OCO3.[Br-]. The third-order valence-electron chi connectivity index (χ3n) is 5.67. The molecule has 2 aliphatic heterocycles. The molecule has 0 saturated heterocycles. The molecule has 30 heavy (non-hydrogen) atoms. The monoisotopic (exact) mass is 467 g/mol. The number of rotatable bonds is 2. The lowest BCUT2D eigenvalue weighted by Crippen LogP contribution is -3.00. The number of carbonyl (C=O) groups is 1. The molecule has 3 heterocycles. The molecule has 1 aliphatic carbocycles. The van der Waals surface area contributed by atoms with Gasteiger partial charge in [0.2, 0.25) is 18.6 Å². The lowest BCUT2D eigenvalue weighted by molar-refractivity contribution is -0.706. The van der Waals surface area contributed by atoms with Crippen LogP contribution >= 0.6 is 0 Å². The third-order valence-corrected chi connectivity index (χ3v) is 5.67. The first kappa shape index (κ1) is 18.9. The van der Waals surface area contributed by atoms with Gasteiger partial charge in [-0.15, -0.1) is 0 Å². The number of Topliss-reactive ketones (excluding diaryl/α,β-unsaturated/α-hetero) is 1. The van der Waals surface area contributed by atoms with Crippen LogP contribution < -0.4 is 40.5 Å². The van der Waals surface area contributed by atoms with Crippen molar-refractivity contribution in [3.63, 3.8) is 0 Å². The Morgan fingerprint density at radius 3 is 2.43 bits per heavy atom. The maximum Gasteiger partial charge on any atom is 0.231 e. The molecule has 1 unspecified atom stereocenters. The van der Waals surface area contributed by atoms with E-state index in [9.17, 15) is 4.79 Å². The number of ether oxygens (including phenoxy) is 4. The zero-order chi connectivity index (χ0) is 19.4. The second kappa shape index (κ2) is 7.32. The molecule has 2 aromatic carbocycles. The van der Waals surface area contributed by atoms with Crippen LogP contribution in [-0.4, -0.2) is 25.8 Å². The summed E-state index contributed by atoms with van der Waals surface area (Å²) in [5.74, 6) is 3.01. The van der Waals surface area contributed by atoms with E-state index < -0.39 is 0 Å². The normalized spacial score (nSPS) is 18.0. The summed E-state index contributed by atoms with van der Waals surface area (Å²) >= 11 is 0. The zero-order valence-corrected chi connectivity index (χ0v) is 17.6. The number of carbonyl (C=O) groups excluding carboxylic acids is 1. The van der Waals surface area contributed by atoms with Crippen LogP contribution in [0.25, 0.3) is 11.1 Å². The molecular weight excluding hydrogens is 450 g/mol. The fraction of sp³-hybridized carbons (Fsp3) is 0.217. The summed E-state index contributed by atoms with van der Waals surface area (Å²) in [6.07, 6.45) is 4.55. The topological polar surface area (TPSA) is 57.9 Å². The number of nitrogens with zero attached hydrogens (tertiary/aromatic N) is 1. The number of fused-ring (bicyclic) bond motifs is 3. The Morgan fingerprint density at radius 1 is 0.833 bits per heavy atom. The minimum absolute atomic E-state index is 0. The Kier molecular flexibility index (Phi) is 4.62. The molecule has 0 saturated carbocycles. The Morgan fingerprint density at radius 2 is 1.60 bits per heavy atom. The summed E-state index contributed by atoms with van der Waals surface area (Å²) in [4.78, 5) is 13.0. The number of aromatic nitrogens is 1. The van der Waals surface area contributed by atoms with E-state index in [4.69, 9.17) is 18.9 Å². The fourth-order valence-electron chi connectivity index (χ4n) is 4.23. The van der Waals surface area contributed by atoms with Gasteiger partial charge >= 0.3 is 0 Å². The molecule has 0 N–H and O–H groups in total. The first-order valence-electron chi connectivity index (χ1n) is 9.64. The second-order valence-corrected chi connectivity index (χ2v) is 7.31. The zero-order valence-electron chi connectivity index (χ0n) is 16.0. The van der Waals surface area contributed by atoms with Gasteiger partial charge in [-0.25, -0.2) is 0 Å². The molecule has 7 heteroatoms. The second-order valence-electron chi connectivity index (χ2n) is 7.31. The molecular formula is C23H18BrNO5. The van der Waals surface area contributed by atoms with Crippen LogP contribution in [0.5, 0.6) is 23.0 Å². The number of halogens is 1. The number of pyridine rings is 1. The number of hydrogen-bond donors (Lipinski definition) is 0. The van der Waals surface area contributed by atoms with E-state index in [-0.39, 0.29) is 35.6 Å². The van der Waals surface area contributed by atoms with E-state index in [1.807, 2.05) is 59.4 Å². The van der Waals surface area contributed by atoms with Crippen molar-refractivity contribution in [1.82, 2.24) is 0 Å². The maximum atomic E-state index is 13.0. The highest BCUT2D eigenvalue weighted by molar-refractivity contribution is 6.03. The van der Waals surface area contributed by atoms with Gasteiger partial charge in [0, 0.05) is 29.7 Å². The molecule has 0 fully saturated rings. The molecule has 6 nitrogen and oxygen atoms in total. The van der Waals surface area contributed by atoms with Crippen molar-refractivity contribution in [2.75, 3.05) is 20.0 Å². The number of hydrogen-bond acceptors (Lipinski definition) is 5. The third kappa shape index (κ3) is 2.92. The van der Waals surface area contributed by atoms with Gasteiger partial charge in [-0.05, 0) is 29.3 Å². The van der Waals surface area contributed by atoms with E-state index in [1.165, 1.54) is 0 Å². The average molecular weight is 468 g/mol. The first-order chi connectivity index (χ1) is 14.3. The summed E-state index contributed by atoms with van der Waals surface area (Å²) in [5, 5.41) is 0. The largest absolute Gasteiger partial charge is 1.00 e.